The molecule has 0 amide bonds. The van der Waals surface area contributed by atoms with E-state index < -0.39 is 28.5 Å². The van der Waals surface area contributed by atoms with Crippen LogP contribution in [0, 0.1) is 50.2 Å². The lowest BCUT2D eigenvalue weighted by Gasteiger charge is -2.70. The highest BCUT2D eigenvalue weighted by Gasteiger charge is 2.72. The molecule has 5 aliphatic carbocycles. The van der Waals surface area contributed by atoms with Crippen molar-refractivity contribution < 1.29 is 29.0 Å². The van der Waals surface area contributed by atoms with Gasteiger partial charge in [0.1, 0.15) is 0 Å². The monoisotopic (exact) mass is 680 g/mol. The van der Waals surface area contributed by atoms with Crippen LogP contribution in [0.5, 0.6) is 0 Å². The van der Waals surface area contributed by atoms with Gasteiger partial charge in [-0.1, -0.05) is 93.9 Å². The van der Waals surface area contributed by atoms with Crippen LogP contribution < -0.4 is 0 Å². The number of benzene rings is 2. The number of hydrogen-bond acceptors (Lipinski definition) is 6. The molecule has 10 atom stereocenters. The van der Waals surface area contributed by atoms with Gasteiger partial charge in [0.15, 0.2) is 11.9 Å². The Hall–Kier alpha value is -3.25. The number of hydrogen-bond donors (Lipinski definition) is 1. The van der Waals surface area contributed by atoms with Crippen LogP contribution in [0.2, 0.25) is 0 Å². The SMILES string of the molecule is COC(=O)[C@@]1(C)[C@@H]2CC[C@]3(C)[C@H](C(=O)C=C4[C@@H]5C[C@@](C)(C(=O)OC(c6ccccc6)c6ccccc6)CC[C@]5(C)CC[C@]43C)[C@@]2(C)CC[C@@H]1O. The van der Waals surface area contributed by atoms with Crippen molar-refractivity contribution in [3.63, 3.8) is 0 Å². The van der Waals surface area contributed by atoms with Crippen molar-refractivity contribution in [1.82, 2.24) is 0 Å². The van der Waals surface area contributed by atoms with E-state index in [0.29, 0.717) is 19.3 Å². The Balaban J connectivity index is 1.23. The van der Waals surface area contributed by atoms with Crippen molar-refractivity contribution in [1.29, 1.82) is 0 Å². The second-order valence-electron chi connectivity index (χ2n) is 18.2. The molecule has 2 aromatic rings. The minimum absolute atomic E-state index is 0.00756. The number of aliphatic hydroxyl groups excluding tert-OH is 1. The normalized spacial score (nSPS) is 42.3. The van der Waals surface area contributed by atoms with E-state index in [-0.39, 0.29) is 51.7 Å². The minimum atomic E-state index is -1.05. The molecule has 6 nitrogen and oxygen atoms in total. The van der Waals surface area contributed by atoms with Crippen molar-refractivity contribution in [2.45, 2.75) is 112 Å². The number of rotatable bonds is 5. The summed E-state index contributed by atoms with van der Waals surface area (Å²) >= 11 is 0. The molecule has 0 aromatic heterocycles. The van der Waals surface area contributed by atoms with Crippen LogP contribution in [0.4, 0.5) is 0 Å². The summed E-state index contributed by atoms with van der Waals surface area (Å²) in [5, 5.41) is 11.2. The van der Waals surface area contributed by atoms with Crippen LogP contribution in [0.15, 0.2) is 72.3 Å². The summed E-state index contributed by atoms with van der Waals surface area (Å²) < 4.78 is 11.8. The molecule has 4 fully saturated rings. The summed E-state index contributed by atoms with van der Waals surface area (Å²) in [5.74, 6) is -0.731. The van der Waals surface area contributed by atoms with Crippen LogP contribution in [0.25, 0.3) is 0 Å². The third-order valence-electron chi connectivity index (χ3n) is 15.8. The van der Waals surface area contributed by atoms with Gasteiger partial charge < -0.3 is 14.6 Å². The fraction of sp³-hybridized carbons (Fsp3) is 0.614. The first kappa shape index (κ1) is 35.2. The topological polar surface area (TPSA) is 89.9 Å². The summed E-state index contributed by atoms with van der Waals surface area (Å²) in [7, 11) is 1.40. The molecule has 6 heteroatoms. The molecule has 1 N–H and O–H groups in total. The zero-order chi connectivity index (χ0) is 35.9. The van der Waals surface area contributed by atoms with Crippen LogP contribution in [0.1, 0.15) is 117 Å². The number of methoxy groups -OCH3 is 1. The summed E-state index contributed by atoms with van der Waals surface area (Å²) in [4.78, 5) is 42.6. The highest BCUT2D eigenvalue weighted by atomic mass is 16.5. The molecule has 268 valence electrons. The summed E-state index contributed by atoms with van der Waals surface area (Å²) in [6.45, 7) is 13.3. The van der Waals surface area contributed by atoms with Crippen LogP contribution >= 0.6 is 0 Å². The summed E-state index contributed by atoms with van der Waals surface area (Å²) in [6.07, 6.45) is 7.78. The van der Waals surface area contributed by atoms with E-state index in [1.54, 1.807) is 0 Å². The van der Waals surface area contributed by atoms with Crippen molar-refractivity contribution in [3.05, 3.63) is 83.4 Å². The number of fused-ring (bicyclic) bond motifs is 7. The average Bonchev–Trinajstić information content (AvgIpc) is 3.10. The standard InChI is InChI=1S/C44H56O6/c1-39-22-23-40(2,37(47)50-35(28-14-10-8-11-15-28)29-16-12-9-13-17-29)27-31(39)30-26-32(45)36-41(3)20-19-34(46)44(6,38(48)49-7)33(41)18-21-43(36,5)42(30,4)25-24-39/h8-17,26,31,33-36,46H,18-25,27H2,1-7H3/t31-,33+,34-,36+,39+,40-,41-,42+,43+,44-/m0/s1. The highest BCUT2D eigenvalue weighted by molar-refractivity contribution is 5.96. The predicted molar refractivity (Wildman–Crippen MR) is 193 cm³/mol. The van der Waals surface area contributed by atoms with E-state index >= 15 is 0 Å². The van der Waals surface area contributed by atoms with Crippen LogP contribution in [-0.2, 0) is 23.9 Å². The molecule has 7 rings (SSSR count). The molecular weight excluding hydrogens is 624 g/mol. The molecule has 0 bridgehead atoms. The quantitative estimate of drug-likeness (QED) is 0.318. The Bertz CT molecular complexity index is 1660. The van der Waals surface area contributed by atoms with E-state index in [0.717, 1.165) is 49.7 Å². The molecule has 0 unspecified atom stereocenters. The maximum atomic E-state index is 14.8. The van der Waals surface area contributed by atoms with Crippen molar-refractivity contribution in [2.24, 2.45) is 50.2 Å². The molecule has 2 aromatic carbocycles. The maximum absolute atomic E-state index is 14.8. The Morgan fingerprint density at radius 3 is 1.98 bits per heavy atom. The largest absolute Gasteiger partial charge is 0.469 e. The van der Waals surface area contributed by atoms with E-state index in [4.69, 9.17) is 9.47 Å². The average molecular weight is 681 g/mol. The zero-order valence-electron chi connectivity index (χ0n) is 31.1. The van der Waals surface area contributed by atoms with E-state index in [1.807, 2.05) is 73.7 Å². The molecule has 0 spiro atoms. The van der Waals surface area contributed by atoms with E-state index in [1.165, 1.54) is 12.7 Å². The Morgan fingerprint density at radius 2 is 1.38 bits per heavy atom. The number of carbonyl (C=O) groups is 3. The third-order valence-corrected chi connectivity index (χ3v) is 15.8. The number of ether oxygens (including phenoxy) is 2. The first-order valence-corrected chi connectivity index (χ1v) is 18.9. The third kappa shape index (κ3) is 4.86. The number of allylic oxidation sites excluding steroid dienone is 2. The lowest BCUT2D eigenvalue weighted by Crippen LogP contribution is -2.68. The summed E-state index contributed by atoms with van der Waals surface area (Å²) in [6, 6.07) is 19.9. The first-order chi connectivity index (χ1) is 23.6. The molecule has 5 aliphatic rings. The minimum Gasteiger partial charge on any atom is -0.469 e. The van der Waals surface area contributed by atoms with Gasteiger partial charge in [0.05, 0.1) is 24.0 Å². The van der Waals surface area contributed by atoms with Gasteiger partial charge in [0, 0.05) is 5.92 Å². The fourth-order valence-electron chi connectivity index (χ4n) is 12.4. The number of carbonyl (C=O) groups excluding carboxylic acids is 3. The first-order valence-electron chi connectivity index (χ1n) is 18.9. The van der Waals surface area contributed by atoms with Gasteiger partial charge in [-0.15, -0.1) is 0 Å². The molecule has 0 aliphatic heterocycles. The van der Waals surface area contributed by atoms with Crippen molar-refractivity contribution >= 4 is 17.7 Å². The molecule has 4 saturated carbocycles. The zero-order valence-corrected chi connectivity index (χ0v) is 31.1. The highest BCUT2D eigenvalue weighted by Crippen LogP contribution is 2.75. The van der Waals surface area contributed by atoms with Crippen molar-refractivity contribution in [3.8, 4) is 0 Å². The fourth-order valence-corrected chi connectivity index (χ4v) is 12.4. The second kappa shape index (κ2) is 11.9. The van der Waals surface area contributed by atoms with Crippen LogP contribution in [0.3, 0.4) is 0 Å². The lowest BCUT2D eigenvalue weighted by molar-refractivity contribution is -0.216. The van der Waals surface area contributed by atoms with Gasteiger partial charge in [-0.05, 0) is 122 Å². The molecule has 0 saturated heterocycles. The van der Waals surface area contributed by atoms with Gasteiger partial charge in [-0.3, -0.25) is 14.4 Å². The van der Waals surface area contributed by atoms with Gasteiger partial charge in [0.2, 0.25) is 0 Å². The van der Waals surface area contributed by atoms with E-state index in [9.17, 15) is 19.5 Å². The summed E-state index contributed by atoms with van der Waals surface area (Å²) in [5.41, 5.74) is 0.358. The number of ketones is 1. The van der Waals surface area contributed by atoms with Gasteiger partial charge >= 0.3 is 11.9 Å². The van der Waals surface area contributed by atoms with Gasteiger partial charge in [-0.2, -0.15) is 0 Å². The van der Waals surface area contributed by atoms with Gasteiger partial charge in [-0.25, -0.2) is 0 Å². The Labute approximate surface area is 298 Å². The maximum Gasteiger partial charge on any atom is 0.314 e. The lowest BCUT2D eigenvalue weighted by atomic mass is 9.33. The molecular formula is C44H56O6. The van der Waals surface area contributed by atoms with Gasteiger partial charge in [0.25, 0.3) is 0 Å². The smallest absolute Gasteiger partial charge is 0.314 e. The number of aliphatic hydroxyl groups is 1. The second-order valence-corrected chi connectivity index (χ2v) is 18.2. The Kier molecular flexibility index (Phi) is 8.37. The molecule has 0 radical (unpaired) electrons. The Morgan fingerprint density at radius 1 is 0.780 bits per heavy atom. The molecule has 0 heterocycles. The number of esters is 2. The van der Waals surface area contributed by atoms with Crippen molar-refractivity contribution in [2.75, 3.05) is 7.11 Å². The molecule has 50 heavy (non-hydrogen) atoms. The predicted octanol–water partition coefficient (Wildman–Crippen LogP) is 8.81. The van der Waals surface area contributed by atoms with Crippen LogP contribution in [-0.4, -0.2) is 36.0 Å². The van der Waals surface area contributed by atoms with E-state index in [2.05, 4.69) is 34.6 Å².